The van der Waals surface area contributed by atoms with Crippen molar-refractivity contribution < 1.29 is 18.8 Å². The van der Waals surface area contributed by atoms with Crippen molar-refractivity contribution >= 4 is 46.5 Å². The predicted octanol–water partition coefficient (Wildman–Crippen LogP) is 3.74. The maximum atomic E-state index is 14.0. The quantitative estimate of drug-likeness (QED) is 0.662. The number of fused-ring (bicyclic) bond motifs is 2. The van der Waals surface area contributed by atoms with E-state index in [9.17, 15) is 18.8 Å². The number of benzene rings is 3. The molecule has 3 aromatic rings. The van der Waals surface area contributed by atoms with Crippen molar-refractivity contribution in [1.29, 1.82) is 0 Å². The summed E-state index contributed by atoms with van der Waals surface area (Å²) in [5.41, 5.74) is 2.10. The Bertz CT molecular complexity index is 1240. The second-order valence-corrected chi connectivity index (χ2v) is 8.63. The normalized spacial score (nSPS) is 19.5. The molecule has 1 N–H and O–H groups in total. The van der Waals surface area contributed by atoms with E-state index in [1.54, 1.807) is 54.6 Å². The number of nitrogens with zero attached hydrogens (tertiary/aromatic N) is 2. The van der Waals surface area contributed by atoms with Crippen molar-refractivity contribution in [2.24, 2.45) is 0 Å². The molecular formula is C24H18FN3O3S. The highest BCUT2D eigenvalue weighted by Gasteiger charge is 2.61. The fourth-order valence-corrected chi connectivity index (χ4v) is 5.55. The number of carbonyl (C=O) groups excluding carboxylic acids is 3. The largest absolute Gasteiger partial charge is 0.325 e. The molecule has 0 radical (unpaired) electrons. The number of thioether (sulfide) groups is 1. The summed E-state index contributed by atoms with van der Waals surface area (Å²) in [6.45, 7) is -0.210. The van der Waals surface area contributed by atoms with Gasteiger partial charge in [-0.3, -0.25) is 24.2 Å². The minimum Gasteiger partial charge on any atom is -0.325 e. The Morgan fingerprint density at radius 2 is 1.75 bits per heavy atom. The van der Waals surface area contributed by atoms with Gasteiger partial charge in [-0.15, -0.1) is 11.8 Å². The van der Waals surface area contributed by atoms with E-state index in [4.69, 9.17) is 0 Å². The summed E-state index contributed by atoms with van der Waals surface area (Å²) in [6.07, 6.45) is 0. The number of rotatable bonds is 4. The van der Waals surface area contributed by atoms with Gasteiger partial charge in [-0.1, -0.05) is 42.5 Å². The minimum atomic E-state index is -1.38. The zero-order valence-corrected chi connectivity index (χ0v) is 17.6. The molecule has 3 aromatic carbocycles. The molecule has 0 unspecified atom stereocenters. The first-order chi connectivity index (χ1) is 15.5. The van der Waals surface area contributed by atoms with E-state index in [1.165, 1.54) is 39.8 Å². The first-order valence-corrected chi connectivity index (χ1v) is 11.0. The molecule has 6 nitrogen and oxygen atoms in total. The monoisotopic (exact) mass is 447 g/mol. The Hall–Kier alpha value is -3.65. The highest BCUT2D eigenvalue weighted by Crippen LogP contribution is 2.55. The molecule has 160 valence electrons. The van der Waals surface area contributed by atoms with Gasteiger partial charge in [0.05, 0.1) is 11.4 Å². The van der Waals surface area contributed by atoms with Gasteiger partial charge in [0.25, 0.3) is 5.91 Å². The molecule has 2 aliphatic rings. The van der Waals surface area contributed by atoms with Gasteiger partial charge in [0, 0.05) is 16.9 Å². The van der Waals surface area contributed by atoms with Crippen LogP contribution in [0.3, 0.4) is 0 Å². The maximum Gasteiger partial charge on any atom is 0.269 e. The number of halogens is 1. The van der Waals surface area contributed by atoms with Crippen LogP contribution in [-0.2, 0) is 19.3 Å². The van der Waals surface area contributed by atoms with Crippen LogP contribution in [-0.4, -0.2) is 30.0 Å². The van der Waals surface area contributed by atoms with Gasteiger partial charge in [0.2, 0.25) is 16.7 Å². The van der Waals surface area contributed by atoms with Gasteiger partial charge >= 0.3 is 0 Å². The predicted molar refractivity (Wildman–Crippen MR) is 122 cm³/mol. The third-order valence-corrected chi connectivity index (χ3v) is 6.88. The summed E-state index contributed by atoms with van der Waals surface area (Å²) in [6, 6.07) is 21.7. The molecule has 32 heavy (non-hydrogen) atoms. The van der Waals surface area contributed by atoms with Gasteiger partial charge in [-0.25, -0.2) is 4.39 Å². The fraction of sp³-hybridized carbons (Fsp3) is 0.125. The van der Waals surface area contributed by atoms with Crippen molar-refractivity contribution in [3.8, 4) is 0 Å². The SMILES string of the molecule is O=C(CN1C(=O)[C@]2(SCC(=O)N2c2cccc(F)c2)c2ccccc21)Nc1ccccc1. The number of hydrogen-bond donors (Lipinski definition) is 1. The zero-order chi connectivity index (χ0) is 22.3. The second-order valence-electron chi connectivity index (χ2n) is 7.46. The van der Waals surface area contributed by atoms with Crippen LogP contribution in [0.4, 0.5) is 21.5 Å². The third-order valence-electron chi connectivity index (χ3n) is 5.49. The Morgan fingerprint density at radius 1 is 1.00 bits per heavy atom. The van der Waals surface area contributed by atoms with E-state index in [2.05, 4.69) is 5.32 Å². The molecule has 1 atom stereocenters. The van der Waals surface area contributed by atoms with Crippen molar-refractivity contribution in [3.05, 3.63) is 90.2 Å². The Morgan fingerprint density at radius 3 is 2.53 bits per heavy atom. The molecule has 1 spiro atoms. The molecule has 0 saturated carbocycles. The van der Waals surface area contributed by atoms with E-state index in [0.717, 1.165) is 0 Å². The number of anilines is 3. The van der Waals surface area contributed by atoms with Crippen LogP contribution >= 0.6 is 11.8 Å². The molecule has 0 bridgehead atoms. The number of hydrogen-bond acceptors (Lipinski definition) is 4. The summed E-state index contributed by atoms with van der Waals surface area (Å²) >= 11 is 1.19. The van der Waals surface area contributed by atoms with Gasteiger partial charge in [0.15, 0.2) is 0 Å². The number of amides is 3. The van der Waals surface area contributed by atoms with E-state index in [0.29, 0.717) is 22.6 Å². The molecular weight excluding hydrogens is 429 g/mol. The van der Waals surface area contributed by atoms with Crippen molar-refractivity contribution in [2.75, 3.05) is 27.4 Å². The van der Waals surface area contributed by atoms with E-state index in [1.807, 2.05) is 6.07 Å². The smallest absolute Gasteiger partial charge is 0.269 e. The summed E-state index contributed by atoms with van der Waals surface area (Å²) < 4.78 is 14.0. The van der Waals surface area contributed by atoms with Crippen molar-refractivity contribution in [2.45, 2.75) is 4.87 Å². The minimum absolute atomic E-state index is 0.0701. The van der Waals surface area contributed by atoms with Crippen LogP contribution in [0.5, 0.6) is 0 Å². The molecule has 1 fully saturated rings. The van der Waals surface area contributed by atoms with Crippen LogP contribution in [0.25, 0.3) is 0 Å². The lowest BCUT2D eigenvalue weighted by Gasteiger charge is -2.33. The summed E-state index contributed by atoms with van der Waals surface area (Å²) in [4.78, 5) is 40.8. The second kappa shape index (κ2) is 7.80. The summed E-state index contributed by atoms with van der Waals surface area (Å²) in [5, 5.41) is 2.79. The molecule has 5 rings (SSSR count). The molecule has 8 heteroatoms. The van der Waals surface area contributed by atoms with Crippen LogP contribution in [0.2, 0.25) is 0 Å². The maximum absolute atomic E-state index is 14.0. The van der Waals surface area contributed by atoms with Crippen LogP contribution < -0.4 is 15.1 Å². The molecule has 0 aromatic heterocycles. The first-order valence-electron chi connectivity index (χ1n) is 9.99. The number of para-hydroxylation sites is 2. The van der Waals surface area contributed by atoms with E-state index in [-0.39, 0.29) is 24.1 Å². The van der Waals surface area contributed by atoms with Crippen LogP contribution in [0.1, 0.15) is 5.56 Å². The number of carbonyl (C=O) groups is 3. The van der Waals surface area contributed by atoms with Crippen LogP contribution in [0.15, 0.2) is 78.9 Å². The molecule has 0 aliphatic carbocycles. The standard InChI is InChI=1S/C24H18FN3O3S/c25-16-7-6-10-18(13-16)28-22(30)15-32-24(28)19-11-4-5-12-20(19)27(23(24)31)14-21(29)26-17-8-2-1-3-9-17/h1-13H,14-15H2,(H,26,29)/t24-/m1/s1. The lowest BCUT2D eigenvalue weighted by molar-refractivity contribution is -0.124. The zero-order valence-electron chi connectivity index (χ0n) is 16.8. The highest BCUT2D eigenvalue weighted by atomic mass is 32.2. The van der Waals surface area contributed by atoms with Gasteiger partial charge in [-0.2, -0.15) is 0 Å². The highest BCUT2D eigenvalue weighted by molar-refractivity contribution is 8.02. The van der Waals surface area contributed by atoms with Crippen molar-refractivity contribution in [3.63, 3.8) is 0 Å². The van der Waals surface area contributed by atoms with Gasteiger partial charge in [0.1, 0.15) is 12.4 Å². The van der Waals surface area contributed by atoms with E-state index >= 15 is 0 Å². The molecule has 2 heterocycles. The Labute approximate surface area is 188 Å². The van der Waals surface area contributed by atoms with E-state index < -0.39 is 16.6 Å². The number of nitrogens with one attached hydrogen (secondary N) is 1. The molecule has 3 amide bonds. The average Bonchev–Trinajstić information content (AvgIpc) is 3.25. The molecule has 2 aliphatic heterocycles. The topological polar surface area (TPSA) is 69.7 Å². The molecule has 1 saturated heterocycles. The average molecular weight is 447 g/mol. The van der Waals surface area contributed by atoms with Gasteiger partial charge in [-0.05, 0) is 36.4 Å². The van der Waals surface area contributed by atoms with Crippen LogP contribution in [0, 0.1) is 5.82 Å². The summed E-state index contributed by atoms with van der Waals surface area (Å²) in [7, 11) is 0. The van der Waals surface area contributed by atoms with Gasteiger partial charge < -0.3 is 5.32 Å². The lowest BCUT2D eigenvalue weighted by Crippen LogP contribution is -2.50. The fourth-order valence-electron chi connectivity index (χ4n) is 4.19. The third kappa shape index (κ3) is 3.15. The first kappa shape index (κ1) is 20.3. The Balaban J connectivity index is 1.54. The summed E-state index contributed by atoms with van der Waals surface area (Å²) in [5.74, 6) is -1.48. The Kier molecular flexibility index (Phi) is 4.94. The lowest BCUT2D eigenvalue weighted by atomic mass is 10.0. The van der Waals surface area contributed by atoms with Crippen molar-refractivity contribution in [1.82, 2.24) is 0 Å².